The Morgan fingerprint density at radius 3 is 2.40 bits per heavy atom. The molecule has 0 radical (unpaired) electrons. The molecule has 0 aromatic rings. The average molecular weight is 172 g/mol. The Kier molecular flexibility index (Phi) is 6.05. The summed E-state index contributed by atoms with van der Waals surface area (Å²) in [4.78, 5) is 20.2. The number of hydrogen-bond acceptors (Lipinski definition) is 6. The van der Waals surface area contributed by atoms with Gasteiger partial charge in [-0.3, -0.25) is 0 Å². The second-order valence-corrected chi connectivity index (χ2v) is 2.10. The van der Waals surface area contributed by atoms with Crippen LogP contribution in [0.5, 0.6) is 0 Å². The van der Waals surface area contributed by atoms with Crippen LogP contribution in [0.25, 0.3) is 0 Å². The highest BCUT2D eigenvalue weighted by Gasteiger charge is 2.04. The molecule has 1 atom stereocenters. The third kappa shape index (κ3) is 6.31. The van der Waals surface area contributed by atoms with Crippen molar-refractivity contribution in [2.24, 2.45) is 0 Å². The molecule has 1 unspecified atom stereocenters. The van der Waals surface area contributed by atoms with E-state index in [-0.39, 0.29) is 6.61 Å². The van der Waals surface area contributed by atoms with E-state index in [4.69, 9.17) is 20.0 Å². The summed E-state index contributed by atoms with van der Waals surface area (Å²) in [5.41, 5.74) is 0. The number of aliphatic hydroxyl groups excluding tert-OH is 2. The van der Waals surface area contributed by atoms with Crippen molar-refractivity contribution in [1.29, 1.82) is 0 Å². The lowest BCUT2D eigenvalue weighted by Gasteiger charge is -2.06. The molecule has 0 saturated carbocycles. The number of rotatable bonds is 5. The first-order valence-corrected chi connectivity index (χ1v) is 3.59. The summed E-state index contributed by atoms with van der Waals surface area (Å²) in [6, 6.07) is 0. The van der Waals surface area contributed by atoms with Crippen LogP contribution in [-0.4, -0.2) is 39.3 Å². The molecular formula is C3H9O6P. The maximum atomic E-state index is 8.56. The van der Waals surface area contributed by atoms with Gasteiger partial charge in [-0.2, -0.15) is 4.67 Å². The zero-order valence-electron chi connectivity index (χ0n) is 5.04. The average Bonchev–Trinajstić information content (AvgIpc) is 1.87. The topological polar surface area (TPSA) is 99.4 Å². The van der Waals surface area contributed by atoms with Crippen LogP contribution >= 0.6 is 8.60 Å². The van der Waals surface area contributed by atoms with E-state index < -0.39 is 21.3 Å². The van der Waals surface area contributed by atoms with Crippen LogP contribution in [0.1, 0.15) is 0 Å². The molecule has 0 aromatic carbocycles. The van der Waals surface area contributed by atoms with Crippen molar-refractivity contribution in [1.82, 2.24) is 0 Å². The van der Waals surface area contributed by atoms with Gasteiger partial charge in [0.05, 0.1) is 6.61 Å². The predicted octanol–water partition coefficient (Wildman–Crippen LogP) is -1.50. The smallest absolute Gasteiger partial charge is 0.357 e. The molecule has 0 aliphatic rings. The van der Waals surface area contributed by atoms with Crippen molar-refractivity contribution in [3.05, 3.63) is 0 Å². The maximum Gasteiger partial charge on any atom is 0.357 e. The fourth-order valence-electron chi connectivity index (χ4n) is 0.209. The van der Waals surface area contributed by atoms with Gasteiger partial charge >= 0.3 is 8.60 Å². The Bertz CT molecular complexity index is 77.4. The molecule has 10 heavy (non-hydrogen) atoms. The molecule has 0 aliphatic heterocycles. The number of aliphatic hydroxyl groups is 2. The standard InChI is InChI=1S/C3H9O6P/c4-1-3(5)2-8-9-10(6)7/h3-7H,1-2H2. The van der Waals surface area contributed by atoms with Crippen LogP contribution in [0, 0.1) is 0 Å². The Labute approximate surface area is 58.6 Å². The van der Waals surface area contributed by atoms with Crippen molar-refractivity contribution >= 4 is 8.60 Å². The van der Waals surface area contributed by atoms with Gasteiger partial charge < -0.3 is 20.0 Å². The van der Waals surface area contributed by atoms with Crippen molar-refractivity contribution in [2.45, 2.75) is 6.10 Å². The van der Waals surface area contributed by atoms with Crippen LogP contribution < -0.4 is 0 Å². The summed E-state index contributed by atoms with van der Waals surface area (Å²) < 4.78 is 3.82. The summed E-state index contributed by atoms with van der Waals surface area (Å²) in [6.45, 7) is -0.755. The summed E-state index contributed by atoms with van der Waals surface area (Å²) in [5.74, 6) is 0. The minimum atomic E-state index is -2.55. The Balaban J connectivity index is 3.03. The van der Waals surface area contributed by atoms with Crippen molar-refractivity contribution in [2.75, 3.05) is 13.2 Å². The first-order chi connectivity index (χ1) is 4.66. The molecule has 6 nitrogen and oxygen atoms in total. The summed E-state index contributed by atoms with van der Waals surface area (Å²) in [7, 11) is -2.55. The fraction of sp³-hybridized carbons (Fsp3) is 1.00. The van der Waals surface area contributed by atoms with Gasteiger partial charge in [0, 0.05) is 0 Å². The highest BCUT2D eigenvalue weighted by molar-refractivity contribution is 7.39. The van der Waals surface area contributed by atoms with E-state index in [1.54, 1.807) is 0 Å². The molecule has 0 heterocycles. The maximum absolute atomic E-state index is 8.56. The first kappa shape index (κ1) is 10.2. The molecule has 0 bridgehead atoms. The van der Waals surface area contributed by atoms with Gasteiger partial charge in [-0.25, -0.2) is 4.89 Å². The minimum Gasteiger partial charge on any atom is -0.394 e. The summed E-state index contributed by atoms with van der Waals surface area (Å²) in [6.07, 6.45) is -1.06. The molecule has 0 amide bonds. The highest BCUT2D eigenvalue weighted by atomic mass is 31.2. The molecule has 0 aromatic heterocycles. The number of hydrogen-bond donors (Lipinski definition) is 4. The van der Waals surface area contributed by atoms with Gasteiger partial charge in [0.15, 0.2) is 0 Å². The molecule has 7 heteroatoms. The van der Waals surface area contributed by atoms with Crippen LogP contribution in [0.4, 0.5) is 0 Å². The van der Waals surface area contributed by atoms with Crippen LogP contribution in [0.3, 0.4) is 0 Å². The molecule has 0 fully saturated rings. The van der Waals surface area contributed by atoms with Crippen molar-refractivity contribution < 1.29 is 29.6 Å². The van der Waals surface area contributed by atoms with E-state index in [0.717, 1.165) is 0 Å². The monoisotopic (exact) mass is 172 g/mol. The zero-order valence-corrected chi connectivity index (χ0v) is 5.94. The second-order valence-electron chi connectivity index (χ2n) is 1.45. The zero-order chi connectivity index (χ0) is 7.98. The van der Waals surface area contributed by atoms with Gasteiger partial charge in [0.25, 0.3) is 0 Å². The molecule has 0 saturated heterocycles. The van der Waals surface area contributed by atoms with Crippen LogP contribution in [-0.2, 0) is 9.56 Å². The fourth-order valence-corrected chi connectivity index (χ4v) is 0.364. The summed E-state index contributed by atoms with van der Waals surface area (Å²) in [5, 5.41) is 16.8. The lowest BCUT2D eigenvalue weighted by molar-refractivity contribution is -0.231. The Hall–Kier alpha value is 0.190. The van der Waals surface area contributed by atoms with E-state index >= 15 is 0 Å². The molecule has 0 rings (SSSR count). The normalized spacial score (nSPS) is 14.1. The molecule has 62 valence electrons. The summed E-state index contributed by atoms with van der Waals surface area (Å²) >= 11 is 0. The van der Waals surface area contributed by atoms with E-state index in [2.05, 4.69) is 9.56 Å². The molecule has 0 aliphatic carbocycles. The van der Waals surface area contributed by atoms with E-state index in [0.29, 0.717) is 0 Å². The van der Waals surface area contributed by atoms with Crippen LogP contribution in [0.15, 0.2) is 0 Å². The van der Waals surface area contributed by atoms with Gasteiger partial charge in [-0.05, 0) is 0 Å². The molecule has 4 N–H and O–H groups in total. The predicted molar refractivity (Wildman–Crippen MR) is 31.5 cm³/mol. The quantitative estimate of drug-likeness (QED) is 0.229. The first-order valence-electron chi connectivity index (χ1n) is 2.43. The van der Waals surface area contributed by atoms with Gasteiger partial charge in [-0.1, -0.05) is 0 Å². The van der Waals surface area contributed by atoms with E-state index in [1.165, 1.54) is 0 Å². The lowest BCUT2D eigenvalue weighted by atomic mass is 10.4. The third-order valence-electron chi connectivity index (χ3n) is 0.591. The van der Waals surface area contributed by atoms with E-state index in [1.807, 2.05) is 0 Å². The minimum absolute atomic E-state index is 0.295. The van der Waals surface area contributed by atoms with Gasteiger partial charge in [0.1, 0.15) is 12.7 Å². The molecule has 0 spiro atoms. The Morgan fingerprint density at radius 1 is 1.40 bits per heavy atom. The lowest BCUT2D eigenvalue weighted by Crippen LogP contribution is -2.18. The largest absolute Gasteiger partial charge is 0.394 e. The second kappa shape index (κ2) is 5.94. The SMILES string of the molecule is OCC(O)COOP(O)O. The van der Waals surface area contributed by atoms with Crippen molar-refractivity contribution in [3.63, 3.8) is 0 Å². The van der Waals surface area contributed by atoms with Crippen LogP contribution in [0.2, 0.25) is 0 Å². The molecular weight excluding hydrogens is 163 g/mol. The Morgan fingerprint density at radius 2 is 2.00 bits per heavy atom. The third-order valence-corrected chi connectivity index (χ3v) is 0.829. The van der Waals surface area contributed by atoms with Gasteiger partial charge in [0.2, 0.25) is 0 Å². The van der Waals surface area contributed by atoms with E-state index in [9.17, 15) is 0 Å². The van der Waals surface area contributed by atoms with Crippen molar-refractivity contribution in [3.8, 4) is 0 Å². The van der Waals surface area contributed by atoms with Gasteiger partial charge in [-0.15, -0.1) is 0 Å². The highest BCUT2D eigenvalue weighted by Crippen LogP contribution is 2.24.